The molecule has 0 heterocycles. The second-order valence-electron chi connectivity index (χ2n) is 6.93. The number of aryl methyl sites for hydroxylation is 2. The molecule has 0 spiro atoms. The van der Waals surface area contributed by atoms with Crippen molar-refractivity contribution in [3.8, 4) is 0 Å². The van der Waals surface area contributed by atoms with Gasteiger partial charge in [0.05, 0.1) is 0 Å². The predicted octanol–water partition coefficient (Wildman–Crippen LogP) is 6.32. The zero-order valence-corrected chi connectivity index (χ0v) is 16.7. The van der Waals surface area contributed by atoms with Crippen LogP contribution in [0.25, 0.3) is 0 Å². The van der Waals surface area contributed by atoms with E-state index in [4.69, 9.17) is 0 Å². The van der Waals surface area contributed by atoms with E-state index in [1.54, 1.807) is 0 Å². The molecule has 2 rings (SSSR count). The Morgan fingerprint density at radius 3 is 1.52 bits per heavy atom. The Morgan fingerprint density at radius 2 is 1.13 bits per heavy atom. The Kier molecular flexibility index (Phi) is 6.04. The van der Waals surface area contributed by atoms with Crippen molar-refractivity contribution in [2.24, 2.45) is 0 Å². The number of hydrogen-bond donors (Lipinski definition) is 0. The molecule has 0 amide bonds. The summed E-state index contributed by atoms with van der Waals surface area (Å²) >= 11 is 0. The summed E-state index contributed by atoms with van der Waals surface area (Å²) in [6.45, 7) is 13.5. The summed E-state index contributed by atoms with van der Waals surface area (Å²) in [5, 5.41) is 0. The molecule has 124 valence electrons. The Labute approximate surface area is 144 Å². The van der Waals surface area contributed by atoms with E-state index in [1.807, 2.05) is 0 Å². The zero-order valence-electron chi connectivity index (χ0n) is 15.6. The van der Waals surface area contributed by atoms with Gasteiger partial charge in [0.2, 0.25) is 0 Å². The average molecular weight is 326 g/mol. The maximum absolute atomic E-state index is 2.88. The topological polar surface area (TPSA) is 0 Å². The van der Waals surface area contributed by atoms with Crippen LogP contribution in [-0.2, 0) is 0 Å². The van der Waals surface area contributed by atoms with Crippen LogP contribution in [0.2, 0.25) is 0 Å². The fourth-order valence-corrected chi connectivity index (χ4v) is 3.75. The summed E-state index contributed by atoms with van der Waals surface area (Å²) in [7, 11) is 2.88. The molecule has 0 aromatic heterocycles. The Balaban J connectivity index is 2.59. The van der Waals surface area contributed by atoms with Crippen molar-refractivity contribution in [2.75, 3.05) is 6.16 Å². The van der Waals surface area contributed by atoms with Gasteiger partial charge in [0.15, 0.2) is 0 Å². The SMILES string of the molecule is Cc1ccc(C(CCCP)c2ccc(C)c(C)c2C)c(C)c1C. The highest BCUT2D eigenvalue weighted by Gasteiger charge is 2.20. The lowest BCUT2D eigenvalue weighted by Gasteiger charge is -2.25. The van der Waals surface area contributed by atoms with Gasteiger partial charge in [0.25, 0.3) is 0 Å². The van der Waals surface area contributed by atoms with Gasteiger partial charge in [-0.1, -0.05) is 24.3 Å². The average Bonchev–Trinajstić information content (AvgIpc) is 2.53. The normalized spacial score (nSPS) is 11.3. The zero-order chi connectivity index (χ0) is 17.1. The van der Waals surface area contributed by atoms with Crippen molar-refractivity contribution < 1.29 is 0 Å². The molecule has 1 heteroatoms. The minimum Gasteiger partial charge on any atom is -0.138 e. The first-order chi connectivity index (χ1) is 10.9. The molecular weight excluding hydrogens is 295 g/mol. The molecule has 0 saturated heterocycles. The van der Waals surface area contributed by atoms with E-state index in [0.29, 0.717) is 5.92 Å². The van der Waals surface area contributed by atoms with Gasteiger partial charge >= 0.3 is 0 Å². The molecule has 0 radical (unpaired) electrons. The predicted molar refractivity (Wildman–Crippen MR) is 107 cm³/mol. The third-order valence-corrected chi connectivity index (χ3v) is 6.06. The van der Waals surface area contributed by atoms with Gasteiger partial charge in [-0.25, -0.2) is 0 Å². The maximum atomic E-state index is 2.88. The van der Waals surface area contributed by atoms with Gasteiger partial charge in [-0.3, -0.25) is 0 Å². The molecule has 2 aromatic rings. The first kappa shape index (κ1) is 18.2. The second kappa shape index (κ2) is 7.63. The van der Waals surface area contributed by atoms with Crippen LogP contribution in [0.1, 0.15) is 63.3 Å². The maximum Gasteiger partial charge on any atom is 0.00949 e. The molecule has 0 aliphatic carbocycles. The summed E-state index contributed by atoms with van der Waals surface area (Å²) in [6, 6.07) is 9.31. The molecule has 0 bridgehead atoms. The molecule has 1 unspecified atom stereocenters. The van der Waals surface area contributed by atoms with E-state index in [9.17, 15) is 0 Å². The molecule has 23 heavy (non-hydrogen) atoms. The van der Waals surface area contributed by atoms with Crippen molar-refractivity contribution in [3.05, 3.63) is 68.8 Å². The van der Waals surface area contributed by atoms with Crippen molar-refractivity contribution in [1.29, 1.82) is 0 Å². The van der Waals surface area contributed by atoms with Crippen LogP contribution >= 0.6 is 9.24 Å². The fourth-order valence-electron chi connectivity index (χ4n) is 3.51. The highest BCUT2D eigenvalue weighted by Crippen LogP contribution is 2.36. The standard InChI is InChI=1S/C22H31P/c1-14-9-11-20(18(5)16(14)3)22(8-7-13-23)21-12-10-15(2)17(4)19(21)6/h9-12,22H,7-8,13,23H2,1-6H3. The van der Waals surface area contributed by atoms with Gasteiger partial charge < -0.3 is 0 Å². The molecule has 0 fully saturated rings. The lowest BCUT2D eigenvalue weighted by atomic mass is 9.80. The summed E-state index contributed by atoms with van der Waals surface area (Å²) in [5.74, 6) is 0.508. The lowest BCUT2D eigenvalue weighted by Crippen LogP contribution is -2.08. The smallest absolute Gasteiger partial charge is 0.00949 e. The van der Waals surface area contributed by atoms with Crippen molar-refractivity contribution >= 4 is 9.24 Å². The second-order valence-corrected chi connectivity index (χ2v) is 7.50. The van der Waals surface area contributed by atoms with Crippen molar-refractivity contribution in [3.63, 3.8) is 0 Å². The lowest BCUT2D eigenvalue weighted by molar-refractivity contribution is 0.693. The minimum atomic E-state index is 0.508. The quantitative estimate of drug-likeness (QED) is 0.564. The van der Waals surface area contributed by atoms with Gasteiger partial charge in [-0.05, 0) is 105 Å². The van der Waals surface area contributed by atoms with Gasteiger partial charge in [0, 0.05) is 5.92 Å². The number of hydrogen-bond acceptors (Lipinski definition) is 0. The van der Waals surface area contributed by atoms with E-state index < -0.39 is 0 Å². The van der Waals surface area contributed by atoms with Crippen LogP contribution in [0.5, 0.6) is 0 Å². The van der Waals surface area contributed by atoms with Gasteiger partial charge in [-0.15, -0.1) is 9.24 Å². The van der Waals surface area contributed by atoms with Crippen LogP contribution in [0.4, 0.5) is 0 Å². The third-order valence-electron chi connectivity index (χ3n) is 5.65. The van der Waals surface area contributed by atoms with Crippen molar-refractivity contribution in [1.82, 2.24) is 0 Å². The highest BCUT2D eigenvalue weighted by atomic mass is 31.0. The molecule has 0 N–H and O–H groups in total. The van der Waals surface area contributed by atoms with E-state index in [0.717, 1.165) is 0 Å². The number of benzene rings is 2. The fraction of sp³-hybridized carbons (Fsp3) is 0.455. The third kappa shape index (κ3) is 3.69. The first-order valence-electron chi connectivity index (χ1n) is 8.72. The molecule has 0 saturated carbocycles. The molecule has 0 aliphatic rings. The summed E-state index contributed by atoms with van der Waals surface area (Å²) < 4.78 is 0. The molecule has 2 aromatic carbocycles. The summed E-state index contributed by atoms with van der Waals surface area (Å²) in [4.78, 5) is 0. The summed E-state index contributed by atoms with van der Waals surface area (Å²) in [5.41, 5.74) is 11.6. The Hall–Kier alpha value is -1.13. The molecule has 1 atom stereocenters. The highest BCUT2D eigenvalue weighted by molar-refractivity contribution is 7.16. The molecule has 0 aliphatic heterocycles. The minimum absolute atomic E-state index is 0.508. The van der Waals surface area contributed by atoms with E-state index in [1.165, 1.54) is 63.5 Å². The van der Waals surface area contributed by atoms with Gasteiger partial charge in [-0.2, -0.15) is 0 Å². The van der Waals surface area contributed by atoms with Crippen molar-refractivity contribution in [2.45, 2.75) is 60.3 Å². The Morgan fingerprint density at radius 1 is 0.696 bits per heavy atom. The van der Waals surface area contributed by atoms with E-state index in [2.05, 4.69) is 75.0 Å². The van der Waals surface area contributed by atoms with Crippen LogP contribution in [-0.4, -0.2) is 6.16 Å². The molecular formula is C22H31P. The van der Waals surface area contributed by atoms with E-state index >= 15 is 0 Å². The van der Waals surface area contributed by atoms with E-state index in [-0.39, 0.29) is 0 Å². The first-order valence-corrected chi connectivity index (χ1v) is 9.53. The van der Waals surface area contributed by atoms with Crippen LogP contribution in [0.3, 0.4) is 0 Å². The monoisotopic (exact) mass is 326 g/mol. The van der Waals surface area contributed by atoms with Crippen LogP contribution in [0, 0.1) is 41.5 Å². The number of rotatable bonds is 5. The van der Waals surface area contributed by atoms with Crippen LogP contribution < -0.4 is 0 Å². The Bertz CT molecular complexity index is 640. The van der Waals surface area contributed by atoms with Gasteiger partial charge in [0.1, 0.15) is 0 Å². The van der Waals surface area contributed by atoms with Crippen LogP contribution in [0.15, 0.2) is 24.3 Å². The summed E-state index contributed by atoms with van der Waals surface area (Å²) in [6.07, 6.45) is 3.63. The molecule has 0 nitrogen and oxygen atoms in total. The largest absolute Gasteiger partial charge is 0.138 e.